The highest BCUT2D eigenvalue weighted by Crippen LogP contribution is 2.31. The van der Waals surface area contributed by atoms with Crippen LogP contribution in [0.3, 0.4) is 0 Å². The lowest BCUT2D eigenvalue weighted by molar-refractivity contribution is -0.136. The number of piperazine rings is 1. The minimum Gasteiger partial charge on any atom is -0.385 e. The number of nitriles is 1. The lowest BCUT2D eigenvalue weighted by atomic mass is 9.95. The Morgan fingerprint density at radius 2 is 1.58 bits per heavy atom. The summed E-state index contributed by atoms with van der Waals surface area (Å²) in [5, 5.41) is 18.0. The average molecular weight is 794 g/mol. The predicted octanol–water partition coefficient (Wildman–Crippen LogP) is 4.18. The lowest BCUT2D eigenvalue weighted by Crippen LogP contribution is -2.54. The molecule has 3 N–H and O–H groups in total. The number of pyridine rings is 1. The Labute approximate surface area is 335 Å². The van der Waals surface area contributed by atoms with Crippen LogP contribution < -0.4 is 25.8 Å². The number of fused-ring (bicyclic) bond motifs is 1. The Bertz CT molecular complexity index is 2110. The maximum Gasteiger partial charge on any atom is 0.262 e. The van der Waals surface area contributed by atoms with Gasteiger partial charge >= 0.3 is 0 Å². The van der Waals surface area contributed by atoms with E-state index in [0.29, 0.717) is 87.2 Å². The number of nitrogens with one attached hydrogen (secondary N) is 3. The molecule has 1 aromatic heterocycles. The van der Waals surface area contributed by atoms with E-state index in [0.717, 1.165) is 35.5 Å². The van der Waals surface area contributed by atoms with Gasteiger partial charge in [0.15, 0.2) is 0 Å². The van der Waals surface area contributed by atoms with Crippen LogP contribution in [0.4, 0.5) is 22.9 Å². The molecule has 0 aliphatic carbocycles. The van der Waals surface area contributed by atoms with Crippen molar-refractivity contribution in [2.45, 2.75) is 57.4 Å². The van der Waals surface area contributed by atoms with E-state index < -0.39 is 29.7 Å². The van der Waals surface area contributed by atoms with Gasteiger partial charge in [-0.2, -0.15) is 5.26 Å². The number of hydrogen-bond donors (Lipinski definition) is 3. The predicted molar refractivity (Wildman–Crippen MR) is 213 cm³/mol. The number of carbonyl (C=O) groups is 6. The highest BCUT2D eigenvalue weighted by molar-refractivity contribution is 6.32. The van der Waals surface area contributed by atoms with E-state index in [1.807, 2.05) is 23.1 Å². The van der Waals surface area contributed by atoms with Crippen molar-refractivity contribution in [3.63, 3.8) is 0 Å². The standard InChI is InChI=1S/C41H44ClN9O6/c42-33-23-29(7-5-27(33)24-43)48-16-13-26(14-17-48)38(54)46-35-11-8-30(25-45-35)49-18-20-50(21-19-49)37(53)4-2-1-3-15-44-28-6-9-31-32(22-28)41(57)51(40(31)56)34-10-12-36(52)47-39(34)55/h5-9,11,22-23,25-26,34,44H,1-4,10,12-21H2,(H,45,46,54)(H,47,52,55). The van der Waals surface area contributed by atoms with Crippen LogP contribution in [-0.4, -0.2) is 102 Å². The van der Waals surface area contributed by atoms with Crippen LogP contribution in [0.2, 0.25) is 5.02 Å². The zero-order valence-corrected chi connectivity index (χ0v) is 32.2. The molecule has 3 fully saturated rings. The zero-order valence-electron chi connectivity index (χ0n) is 31.5. The summed E-state index contributed by atoms with van der Waals surface area (Å²) in [6.45, 7) is 4.66. The van der Waals surface area contributed by atoms with Gasteiger partial charge in [0.25, 0.3) is 11.8 Å². The molecule has 5 heterocycles. The molecule has 57 heavy (non-hydrogen) atoms. The smallest absolute Gasteiger partial charge is 0.262 e. The van der Waals surface area contributed by atoms with E-state index in [-0.39, 0.29) is 41.7 Å². The fourth-order valence-corrected chi connectivity index (χ4v) is 8.05. The number of carbonyl (C=O) groups excluding carboxylic acids is 6. The van der Waals surface area contributed by atoms with E-state index in [1.54, 1.807) is 36.5 Å². The summed E-state index contributed by atoms with van der Waals surface area (Å²) in [5.41, 5.74) is 3.48. The van der Waals surface area contributed by atoms with Crippen molar-refractivity contribution in [3.05, 3.63) is 76.4 Å². The van der Waals surface area contributed by atoms with Gasteiger partial charge in [-0.3, -0.25) is 39.0 Å². The SMILES string of the molecule is N#Cc1ccc(N2CCC(C(=O)Nc3ccc(N4CCN(C(=O)CCCCCNc5ccc6c(c5)C(=O)N(C5CCC(=O)NC5=O)C6=O)CC4)cn3)CC2)cc1Cl. The van der Waals surface area contributed by atoms with Crippen LogP contribution >= 0.6 is 11.6 Å². The van der Waals surface area contributed by atoms with E-state index >= 15 is 0 Å². The number of nitrogens with zero attached hydrogens (tertiary/aromatic N) is 6. The van der Waals surface area contributed by atoms with Crippen LogP contribution in [0, 0.1) is 17.2 Å². The number of aromatic nitrogens is 1. The molecule has 3 saturated heterocycles. The van der Waals surface area contributed by atoms with Gasteiger partial charge in [-0.05, 0) is 80.6 Å². The van der Waals surface area contributed by atoms with Gasteiger partial charge in [-0.15, -0.1) is 0 Å². The molecule has 4 aliphatic heterocycles. The van der Waals surface area contributed by atoms with Crippen molar-refractivity contribution >= 4 is 69.9 Å². The molecule has 2 aromatic carbocycles. The molecular formula is C41H44ClN9O6. The van der Waals surface area contributed by atoms with Gasteiger partial charge in [0.05, 0.1) is 33.6 Å². The number of anilines is 4. The molecule has 15 nitrogen and oxygen atoms in total. The number of rotatable bonds is 12. The Morgan fingerprint density at radius 3 is 2.28 bits per heavy atom. The van der Waals surface area contributed by atoms with Crippen molar-refractivity contribution in [2.24, 2.45) is 5.92 Å². The van der Waals surface area contributed by atoms with Crippen molar-refractivity contribution in [1.82, 2.24) is 20.1 Å². The summed E-state index contributed by atoms with van der Waals surface area (Å²) >= 11 is 6.21. The number of imide groups is 2. The Kier molecular flexibility index (Phi) is 12.0. The first-order valence-electron chi connectivity index (χ1n) is 19.4. The number of unbranched alkanes of at least 4 members (excludes halogenated alkanes) is 2. The maximum absolute atomic E-state index is 13.1. The fraction of sp³-hybridized carbons (Fsp3) is 0.415. The molecular weight excluding hydrogens is 750 g/mol. The third-order valence-corrected chi connectivity index (χ3v) is 11.4. The molecule has 1 unspecified atom stereocenters. The molecule has 3 aromatic rings. The summed E-state index contributed by atoms with van der Waals surface area (Å²) in [4.78, 5) is 87.5. The molecule has 1 atom stereocenters. The van der Waals surface area contributed by atoms with Gasteiger partial charge < -0.3 is 25.3 Å². The van der Waals surface area contributed by atoms with Gasteiger partial charge in [0.2, 0.25) is 23.6 Å². The van der Waals surface area contributed by atoms with E-state index in [1.165, 1.54) is 0 Å². The Hall–Kier alpha value is -6.01. The fourth-order valence-electron chi connectivity index (χ4n) is 7.83. The van der Waals surface area contributed by atoms with Crippen LogP contribution in [-0.2, 0) is 19.2 Å². The third-order valence-electron chi connectivity index (χ3n) is 11.1. The Morgan fingerprint density at radius 1 is 0.842 bits per heavy atom. The number of halogens is 1. The number of benzene rings is 2. The zero-order chi connectivity index (χ0) is 40.1. The first-order valence-corrected chi connectivity index (χ1v) is 19.8. The molecule has 7 rings (SSSR count). The topological polar surface area (TPSA) is 188 Å². The molecule has 0 saturated carbocycles. The first kappa shape index (κ1) is 39.2. The monoisotopic (exact) mass is 793 g/mol. The van der Waals surface area contributed by atoms with Crippen molar-refractivity contribution < 1.29 is 28.8 Å². The molecule has 0 radical (unpaired) electrons. The largest absolute Gasteiger partial charge is 0.385 e. The van der Waals surface area contributed by atoms with E-state index in [9.17, 15) is 28.8 Å². The minimum absolute atomic E-state index is 0.0479. The van der Waals surface area contributed by atoms with Crippen molar-refractivity contribution in [2.75, 3.05) is 66.2 Å². The second-order valence-corrected chi connectivity index (χ2v) is 15.1. The normalized spacial score (nSPS) is 18.6. The summed E-state index contributed by atoms with van der Waals surface area (Å²) in [7, 11) is 0. The van der Waals surface area contributed by atoms with Gasteiger partial charge in [-0.25, -0.2) is 4.98 Å². The van der Waals surface area contributed by atoms with Gasteiger partial charge in [0, 0.05) is 75.9 Å². The minimum atomic E-state index is -0.999. The summed E-state index contributed by atoms with van der Waals surface area (Å²) in [6, 6.07) is 15.2. The lowest BCUT2D eigenvalue weighted by Gasteiger charge is -2.36. The maximum atomic E-state index is 13.1. The molecule has 4 aliphatic rings. The van der Waals surface area contributed by atoms with Crippen LogP contribution in [0.25, 0.3) is 0 Å². The van der Waals surface area contributed by atoms with Gasteiger partial charge in [-0.1, -0.05) is 18.0 Å². The van der Waals surface area contributed by atoms with Crippen molar-refractivity contribution in [1.29, 1.82) is 5.26 Å². The molecule has 16 heteroatoms. The molecule has 0 spiro atoms. The second kappa shape index (κ2) is 17.4. The number of hydrogen-bond acceptors (Lipinski definition) is 11. The van der Waals surface area contributed by atoms with Crippen molar-refractivity contribution in [3.8, 4) is 6.07 Å². The molecule has 0 bridgehead atoms. The summed E-state index contributed by atoms with van der Waals surface area (Å²) < 4.78 is 0. The average Bonchev–Trinajstić information content (AvgIpc) is 3.47. The molecule has 6 amide bonds. The van der Waals surface area contributed by atoms with Gasteiger partial charge in [0.1, 0.15) is 17.9 Å². The quantitative estimate of drug-likeness (QED) is 0.176. The highest BCUT2D eigenvalue weighted by atomic mass is 35.5. The second-order valence-electron chi connectivity index (χ2n) is 14.7. The molecule has 296 valence electrons. The first-order chi connectivity index (χ1) is 27.6. The van der Waals surface area contributed by atoms with Crippen LogP contribution in [0.15, 0.2) is 54.7 Å². The Balaban J connectivity index is 0.776. The number of piperidine rings is 2. The number of amides is 6. The summed E-state index contributed by atoms with van der Waals surface area (Å²) in [6.07, 6.45) is 6.20. The van der Waals surface area contributed by atoms with Crippen LogP contribution in [0.5, 0.6) is 0 Å². The summed E-state index contributed by atoms with van der Waals surface area (Å²) in [5.74, 6) is -1.66. The van der Waals surface area contributed by atoms with Crippen LogP contribution in [0.1, 0.15) is 77.6 Å². The highest BCUT2D eigenvalue weighted by Gasteiger charge is 2.44. The van der Waals surface area contributed by atoms with E-state index in [2.05, 4.69) is 36.8 Å². The third kappa shape index (κ3) is 8.86. The van der Waals surface area contributed by atoms with E-state index in [4.69, 9.17) is 16.9 Å².